The van der Waals surface area contributed by atoms with Gasteiger partial charge < -0.3 is 15.6 Å². The number of pyridine rings is 1. The molecule has 0 spiro atoms. The Kier molecular flexibility index (Phi) is 5.97. The molecule has 0 bridgehead atoms. The van der Waals surface area contributed by atoms with E-state index in [2.05, 4.69) is 4.98 Å². The summed E-state index contributed by atoms with van der Waals surface area (Å²) < 4.78 is 18.9. The van der Waals surface area contributed by atoms with Crippen LogP contribution in [0.15, 0.2) is 54.9 Å². The summed E-state index contributed by atoms with van der Waals surface area (Å²) in [6.45, 7) is 0. The number of hydrogen-bond donors (Lipinski definition) is 2. The van der Waals surface area contributed by atoms with Gasteiger partial charge in [-0.05, 0) is 35.4 Å². The molecule has 3 N–H and O–H groups in total. The van der Waals surface area contributed by atoms with Crippen molar-refractivity contribution in [3.63, 3.8) is 0 Å². The molecule has 7 heteroatoms. The van der Waals surface area contributed by atoms with Crippen LogP contribution >= 0.6 is 23.2 Å². The zero-order valence-corrected chi connectivity index (χ0v) is 15.9. The van der Waals surface area contributed by atoms with Crippen molar-refractivity contribution in [3.8, 4) is 16.9 Å². The summed E-state index contributed by atoms with van der Waals surface area (Å²) in [7, 11) is 1.50. The van der Waals surface area contributed by atoms with Crippen molar-refractivity contribution in [2.24, 2.45) is 5.73 Å². The number of aliphatic hydroxyl groups is 1. The van der Waals surface area contributed by atoms with Crippen LogP contribution in [0.25, 0.3) is 11.1 Å². The predicted octanol–water partition coefficient (Wildman–Crippen LogP) is 4.94. The van der Waals surface area contributed by atoms with Crippen LogP contribution in [0.2, 0.25) is 10.0 Å². The summed E-state index contributed by atoms with van der Waals surface area (Å²) in [6, 6.07) is 10.7. The maximum absolute atomic E-state index is 13.5. The minimum absolute atomic E-state index is 0.364. The first-order valence-electron chi connectivity index (χ1n) is 8.08. The molecule has 0 aliphatic heterocycles. The number of aliphatic hydroxyl groups excluding tert-OH is 1. The molecule has 0 aliphatic carbocycles. The Morgan fingerprint density at radius 2 is 1.78 bits per heavy atom. The van der Waals surface area contributed by atoms with Crippen molar-refractivity contribution in [2.45, 2.75) is 12.1 Å². The maximum Gasteiger partial charge on any atom is 0.142 e. The third kappa shape index (κ3) is 4.22. The van der Waals surface area contributed by atoms with E-state index in [1.54, 1.807) is 42.6 Å². The molecule has 0 aliphatic rings. The predicted molar refractivity (Wildman–Crippen MR) is 105 cm³/mol. The Bertz CT molecular complexity index is 968. The van der Waals surface area contributed by atoms with E-state index in [0.717, 1.165) is 6.20 Å². The largest absolute Gasteiger partial charge is 0.496 e. The van der Waals surface area contributed by atoms with Gasteiger partial charge in [0.25, 0.3) is 0 Å². The molecule has 140 valence electrons. The average molecular weight is 407 g/mol. The summed E-state index contributed by atoms with van der Waals surface area (Å²) in [5, 5.41) is 11.5. The van der Waals surface area contributed by atoms with E-state index < -0.39 is 18.0 Å². The number of hydrogen-bond acceptors (Lipinski definition) is 4. The minimum Gasteiger partial charge on any atom is -0.496 e. The number of methoxy groups -OCH3 is 1. The highest BCUT2D eigenvalue weighted by molar-refractivity contribution is 6.42. The van der Waals surface area contributed by atoms with Crippen molar-refractivity contribution < 1.29 is 14.2 Å². The monoisotopic (exact) mass is 406 g/mol. The molecule has 0 fully saturated rings. The Morgan fingerprint density at radius 1 is 1.04 bits per heavy atom. The summed E-state index contributed by atoms with van der Waals surface area (Å²) in [4.78, 5) is 3.85. The van der Waals surface area contributed by atoms with Crippen LogP contribution in [0.3, 0.4) is 0 Å². The number of rotatable bonds is 5. The van der Waals surface area contributed by atoms with Crippen LogP contribution in [0, 0.1) is 5.82 Å². The fourth-order valence-corrected chi connectivity index (χ4v) is 3.11. The molecular weight excluding hydrogens is 390 g/mol. The van der Waals surface area contributed by atoms with Crippen LogP contribution in [0.1, 0.15) is 23.3 Å². The quantitative estimate of drug-likeness (QED) is 0.629. The Labute approximate surface area is 166 Å². The molecule has 1 aromatic heterocycles. The van der Waals surface area contributed by atoms with Crippen molar-refractivity contribution in [1.29, 1.82) is 0 Å². The zero-order chi connectivity index (χ0) is 19.6. The van der Waals surface area contributed by atoms with E-state index in [-0.39, 0.29) is 0 Å². The zero-order valence-electron chi connectivity index (χ0n) is 14.4. The minimum atomic E-state index is -1.00. The molecule has 0 saturated carbocycles. The first-order chi connectivity index (χ1) is 12.9. The molecule has 2 aromatic carbocycles. The smallest absolute Gasteiger partial charge is 0.142 e. The van der Waals surface area contributed by atoms with E-state index in [4.69, 9.17) is 33.7 Å². The molecule has 0 radical (unpaired) electrons. The van der Waals surface area contributed by atoms with Crippen LogP contribution in [-0.4, -0.2) is 17.2 Å². The normalized spacial score (nSPS) is 13.3. The number of ether oxygens (including phenoxy) is 1. The lowest BCUT2D eigenvalue weighted by molar-refractivity contribution is 0.146. The molecule has 4 nitrogen and oxygen atoms in total. The lowest BCUT2D eigenvalue weighted by atomic mass is 9.94. The number of nitrogens with zero attached hydrogens (tertiary/aromatic N) is 1. The molecule has 3 rings (SSSR count). The van der Waals surface area contributed by atoms with Gasteiger partial charge >= 0.3 is 0 Å². The molecule has 1 heterocycles. The van der Waals surface area contributed by atoms with Gasteiger partial charge in [0.1, 0.15) is 11.6 Å². The van der Waals surface area contributed by atoms with Gasteiger partial charge in [-0.1, -0.05) is 41.4 Å². The van der Waals surface area contributed by atoms with Crippen LogP contribution in [-0.2, 0) is 0 Å². The first-order valence-corrected chi connectivity index (χ1v) is 8.83. The molecular formula is C20H17Cl2FN2O2. The second-order valence-corrected chi connectivity index (χ2v) is 6.81. The fourth-order valence-electron chi connectivity index (χ4n) is 2.80. The first kappa shape index (κ1) is 19.6. The number of aromatic nitrogens is 1. The second-order valence-electron chi connectivity index (χ2n) is 6.00. The van der Waals surface area contributed by atoms with Crippen molar-refractivity contribution >= 4 is 23.2 Å². The highest BCUT2D eigenvalue weighted by atomic mass is 35.5. The van der Waals surface area contributed by atoms with Gasteiger partial charge in [-0.25, -0.2) is 4.39 Å². The van der Waals surface area contributed by atoms with E-state index >= 15 is 0 Å². The topological polar surface area (TPSA) is 68.4 Å². The molecule has 3 aromatic rings. The fraction of sp³-hybridized carbons (Fsp3) is 0.150. The highest BCUT2D eigenvalue weighted by Crippen LogP contribution is 2.36. The number of nitrogens with two attached hydrogens (primary N) is 1. The van der Waals surface area contributed by atoms with Gasteiger partial charge in [-0.3, -0.25) is 4.98 Å². The lowest BCUT2D eigenvalue weighted by Gasteiger charge is -2.21. The van der Waals surface area contributed by atoms with E-state index in [1.165, 1.54) is 13.2 Å². The van der Waals surface area contributed by atoms with Gasteiger partial charge in [0.2, 0.25) is 0 Å². The van der Waals surface area contributed by atoms with Gasteiger partial charge in [-0.15, -0.1) is 0 Å². The molecule has 27 heavy (non-hydrogen) atoms. The van der Waals surface area contributed by atoms with Gasteiger partial charge in [0.15, 0.2) is 0 Å². The summed E-state index contributed by atoms with van der Waals surface area (Å²) in [6.07, 6.45) is 1.67. The second kappa shape index (κ2) is 8.23. The van der Waals surface area contributed by atoms with Crippen molar-refractivity contribution in [2.75, 3.05) is 7.11 Å². The Morgan fingerprint density at radius 3 is 2.44 bits per heavy atom. The van der Waals surface area contributed by atoms with Crippen molar-refractivity contribution in [3.05, 3.63) is 81.8 Å². The standard InChI is InChI=1S/C20H17Cl2FN2O2/c1-27-18-8-12(2-4-15(18)13-6-14(23)10-25-9-13)20(26)19(24)11-3-5-16(21)17(22)7-11/h2-10,19-20,26H,24H2,1H3/t19-,20+/m0/s1. The lowest BCUT2D eigenvalue weighted by Crippen LogP contribution is -2.19. The summed E-state index contributed by atoms with van der Waals surface area (Å²) >= 11 is 12.0. The van der Waals surface area contributed by atoms with Crippen LogP contribution in [0.5, 0.6) is 5.75 Å². The summed E-state index contributed by atoms with van der Waals surface area (Å²) in [5.41, 5.74) is 8.63. The molecule has 0 amide bonds. The van der Waals surface area contributed by atoms with Crippen molar-refractivity contribution in [1.82, 2.24) is 4.98 Å². The van der Waals surface area contributed by atoms with E-state index in [1.807, 2.05) is 0 Å². The number of benzene rings is 2. The molecule has 0 saturated heterocycles. The van der Waals surface area contributed by atoms with E-state index in [9.17, 15) is 9.50 Å². The highest BCUT2D eigenvalue weighted by Gasteiger charge is 2.21. The van der Waals surface area contributed by atoms with Crippen LogP contribution < -0.4 is 10.5 Å². The van der Waals surface area contributed by atoms with E-state index in [0.29, 0.717) is 38.0 Å². The average Bonchev–Trinajstić information content (AvgIpc) is 2.68. The summed E-state index contributed by atoms with van der Waals surface area (Å²) in [5.74, 6) is 0.0283. The number of halogens is 3. The third-order valence-corrected chi connectivity index (χ3v) is 4.99. The van der Waals surface area contributed by atoms with Gasteiger partial charge in [0.05, 0.1) is 35.5 Å². The Balaban J connectivity index is 1.93. The third-order valence-electron chi connectivity index (χ3n) is 4.25. The molecule has 2 atom stereocenters. The maximum atomic E-state index is 13.5. The SMILES string of the molecule is COc1cc([C@@H](O)[C@@H](N)c2ccc(Cl)c(Cl)c2)ccc1-c1cncc(F)c1. The Hall–Kier alpha value is -2.18. The molecule has 0 unspecified atom stereocenters. The van der Waals surface area contributed by atoms with Gasteiger partial charge in [-0.2, -0.15) is 0 Å². The van der Waals surface area contributed by atoms with Crippen LogP contribution in [0.4, 0.5) is 4.39 Å². The van der Waals surface area contributed by atoms with Gasteiger partial charge in [0, 0.05) is 17.3 Å².